The lowest BCUT2D eigenvalue weighted by molar-refractivity contribution is -0.126. The molecule has 0 aliphatic carbocycles. The number of carbonyl (C=O) groups is 2. The highest BCUT2D eigenvalue weighted by molar-refractivity contribution is 5.94. The van der Waals surface area contributed by atoms with Crippen molar-refractivity contribution in [2.75, 3.05) is 5.32 Å². The Labute approximate surface area is 83.5 Å². The zero-order chi connectivity index (χ0) is 11.4. The first-order valence-electron chi connectivity index (χ1n) is 3.93. The zero-order valence-electron chi connectivity index (χ0n) is 7.41. The molecule has 0 unspecified atom stereocenters. The summed E-state index contributed by atoms with van der Waals surface area (Å²) in [5.74, 6) is -2.54. The molecule has 0 saturated heterocycles. The summed E-state index contributed by atoms with van der Waals surface area (Å²) in [4.78, 5) is 21.0. The number of halogens is 2. The van der Waals surface area contributed by atoms with E-state index in [0.29, 0.717) is 0 Å². The molecule has 1 amide bonds. The summed E-state index contributed by atoms with van der Waals surface area (Å²) in [6.45, 7) is 0. The molecule has 0 aromatic heterocycles. The lowest BCUT2D eigenvalue weighted by atomic mass is 10.2. The fraction of sp³-hybridized carbons (Fsp3) is 0.111. The number of aromatic carboxylic acids is 1. The molecule has 0 spiro atoms. The van der Waals surface area contributed by atoms with Crippen molar-refractivity contribution in [2.45, 2.75) is 6.43 Å². The number of carbonyl (C=O) groups excluding carboxylic acids is 1. The molecular formula is C9H7F2NO3. The fourth-order valence-corrected chi connectivity index (χ4v) is 0.893. The summed E-state index contributed by atoms with van der Waals surface area (Å²) in [6, 6.07) is 4.90. The Kier molecular flexibility index (Phi) is 3.33. The summed E-state index contributed by atoms with van der Waals surface area (Å²) in [7, 11) is 0. The second-order valence-electron chi connectivity index (χ2n) is 2.67. The van der Waals surface area contributed by atoms with Crippen LogP contribution in [0.3, 0.4) is 0 Å². The highest BCUT2D eigenvalue weighted by Gasteiger charge is 2.14. The normalized spacial score (nSPS) is 10.1. The van der Waals surface area contributed by atoms with E-state index in [0.717, 1.165) is 0 Å². The summed E-state index contributed by atoms with van der Waals surface area (Å²) in [5, 5.41) is 10.5. The molecule has 2 N–H and O–H groups in total. The van der Waals surface area contributed by atoms with E-state index < -0.39 is 18.3 Å². The van der Waals surface area contributed by atoms with Crippen LogP contribution in [0.2, 0.25) is 0 Å². The van der Waals surface area contributed by atoms with Gasteiger partial charge in [-0.05, 0) is 24.3 Å². The molecule has 1 aromatic carbocycles. The molecule has 1 aromatic rings. The van der Waals surface area contributed by atoms with Crippen LogP contribution in [0.25, 0.3) is 0 Å². The first kappa shape index (κ1) is 11.1. The number of carboxylic acid groups (broad SMARTS) is 1. The van der Waals surface area contributed by atoms with Gasteiger partial charge in [0.1, 0.15) is 0 Å². The van der Waals surface area contributed by atoms with Gasteiger partial charge in [0.05, 0.1) is 5.56 Å². The average Bonchev–Trinajstić information content (AvgIpc) is 2.18. The topological polar surface area (TPSA) is 66.4 Å². The van der Waals surface area contributed by atoms with Crippen molar-refractivity contribution in [1.82, 2.24) is 0 Å². The third-order valence-corrected chi connectivity index (χ3v) is 1.60. The molecule has 0 radical (unpaired) electrons. The van der Waals surface area contributed by atoms with Crippen LogP contribution in [0.1, 0.15) is 10.4 Å². The Morgan fingerprint density at radius 2 is 1.73 bits per heavy atom. The minimum Gasteiger partial charge on any atom is -0.478 e. The van der Waals surface area contributed by atoms with Gasteiger partial charge in [-0.3, -0.25) is 4.79 Å². The van der Waals surface area contributed by atoms with Crippen molar-refractivity contribution in [3.63, 3.8) is 0 Å². The number of rotatable bonds is 3. The van der Waals surface area contributed by atoms with Crippen molar-refractivity contribution >= 4 is 17.6 Å². The van der Waals surface area contributed by atoms with Crippen molar-refractivity contribution in [1.29, 1.82) is 0 Å². The van der Waals surface area contributed by atoms with Crippen LogP contribution in [0.5, 0.6) is 0 Å². The molecule has 80 valence electrons. The second-order valence-corrected chi connectivity index (χ2v) is 2.67. The largest absolute Gasteiger partial charge is 0.478 e. The molecule has 4 nitrogen and oxygen atoms in total. The van der Waals surface area contributed by atoms with Crippen LogP contribution in [0.15, 0.2) is 24.3 Å². The van der Waals surface area contributed by atoms with Crippen molar-refractivity contribution in [3.8, 4) is 0 Å². The number of amides is 1. The van der Waals surface area contributed by atoms with E-state index in [9.17, 15) is 18.4 Å². The molecule has 0 fully saturated rings. The van der Waals surface area contributed by atoms with Crippen LogP contribution in [0, 0.1) is 0 Å². The summed E-state index contributed by atoms with van der Waals surface area (Å²) < 4.78 is 23.6. The maximum atomic E-state index is 11.8. The van der Waals surface area contributed by atoms with E-state index in [-0.39, 0.29) is 11.3 Å². The van der Waals surface area contributed by atoms with Crippen LogP contribution >= 0.6 is 0 Å². The lowest BCUT2D eigenvalue weighted by Crippen LogP contribution is -2.20. The van der Waals surface area contributed by atoms with Gasteiger partial charge in [-0.25, -0.2) is 4.79 Å². The third-order valence-electron chi connectivity index (χ3n) is 1.60. The van der Waals surface area contributed by atoms with Crippen LogP contribution in [-0.4, -0.2) is 23.4 Å². The van der Waals surface area contributed by atoms with Gasteiger partial charge in [-0.1, -0.05) is 0 Å². The maximum Gasteiger partial charge on any atom is 0.335 e. The first-order valence-corrected chi connectivity index (χ1v) is 3.93. The van der Waals surface area contributed by atoms with Gasteiger partial charge < -0.3 is 10.4 Å². The van der Waals surface area contributed by atoms with Gasteiger partial charge >= 0.3 is 12.4 Å². The van der Waals surface area contributed by atoms with Gasteiger partial charge in [-0.2, -0.15) is 8.78 Å². The number of anilines is 1. The Morgan fingerprint density at radius 3 is 2.13 bits per heavy atom. The quantitative estimate of drug-likeness (QED) is 0.804. The number of nitrogens with one attached hydrogen (secondary N) is 1. The second kappa shape index (κ2) is 4.50. The van der Waals surface area contributed by atoms with E-state index in [1.165, 1.54) is 24.3 Å². The Balaban J connectivity index is 2.73. The molecule has 0 heterocycles. The van der Waals surface area contributed by atoms with E-state index >= 15 is 0 Å². The molecule has 0 bridgehead atoms. The molecule has 0 saturated carbocycles. The number of hydrogen-bond acceptors (Lipinski definition) is 2. The van der Waals surface area contributed by atoms with E-state index in [1.54, 1.807) is 0 Å². The van der Waals surface area contributed by atoms with Crippen molar-refractivity contribution in [2.24, 2.45) is 0 Å². The van der Waals surface area contributed by atoms with Gasteiger partial charge in [0.15, 0.2) is 0 Å². The standard InChI is InChI=1S/C9H7F2NO3/c10-7(11)8(13)12-6-3-1-5(2-4-6)9(14)15/h1-4,7H,(H,12,13)(H,14,15). The number of carboxylic acids is 1. The SMILES string of the molecule is O=C(O)c1ccc(NC(=O)C(F)F)cc1. The van der Waals surface area contributed by atoms with Crippen LogP contribution < -0.4 is 5.32 Å². The van der Waals surface area contributed by atoms with Gasteiger partial charge in [-0.15, -0.1) is 0 Å². The van der Waals surface area contributed by atoms with E-state index in [1.807, 2.05) is 5.32 Å². The minimum absolute atomic E-state index is 0.0186. The van der Waals surface area contributed by atoms with E-state index in [4.69, 9.17) is 5.11 Å². The minimum atomic E-state index is -3.09. The predicted octanol–water partition coefficient (Wildman–Crippen LogP) is 1.59. The van der Waals surface area contributed by atoms with Crippen LogP contribution in [0.4, 0.5) is 14.5 Å². The summed E-state index contributed by atoms with van der Waals surface area (Å²) in [6.07, 6.45) is -3.09. The molecule has 0 atom stereocenters. The molecule has 15 heavy (non-hydrogen) atoms. The van der Waals surface area contributed by atoms with Crippen molar-refractivity contribution in [3.05, 3.63) is 29.8 Å². The Bertz CT molecular complexity index is 375. The monoisotopic (exact) mass is 215 g/mol. The molecule has 1 rings (SSSR count). The zero-order valence-corrected chi connectivity index (χ0v) is 7.41. The number of benzene rings is 1. The average molecular weight is 215 g/mol. The smallest absolute Gasteiger partial charge is 0.335 e. The van der Waals surface area contributed by atoms with Gasteiger partial charge in [0.25, 0.3) is 5.91 Å². The number of alkyl halides is 2. The van der Waals surface area contributed by atoms with E-state index in [2.05, 4.69) is 0 Å². The van der Waals surface area contributed by atoms with Gasteiger partial charge in [0.2, 0.25) is 0 Å². The summed E-state index contributed by atoms with van der Waals surface area (Å²) >= 11 is 0. The van der Waals surface area contributed by atoms with Crippen LogP contribution in [-0.2, 0) is 4.79 Å². The molecule has 0 aliphatic heterocycles. The maximum absolute atomic E-state index is 11.8. The fourth-order valence-electron chi connectivity index (χ4n) is 0.893. The Morgan fingerprint density at radius 1 is 1.20 bits per heavy atom. The molecular weight excluding hydrogens is 208 g/mol. The highest BCUT2D eigenvalue weighted by Crippen LogP contribution is 2.10. The summed E-state index contributed by atoms with van der Waals surface area (Å²) in [5.41, 5.74) is 0.148. The Hall–Kier alpha value is -1.98. The van der Waals surface area contributed by atoms with Crippen molar-refractivity contribution < 1.29 is 23.5 Å². The van der Waals surface area contributed by atoms with Gasteiger partial charge in [0, 0.05) is 5.69 Å². The third kappa shape index (κ3) is 3.01. The highest BCUT2D eigenvalue weighted by atomic mass is 19.3. The molecule has 0 aliphatic rings. The number of hydrogen-bond donors (Lipinski definition) is 2. The predicted molar refractivity (Wildman–Crippen MR) is 48.0 cm³/mol. The first-order chi connectivity index (χ1) is 7.00. The lowest BCUT2D eigenvalue weighted by Gasteiger charge is -2.03. The molecule has 6 heteroatoms.